The van der Waals surface area contributed by atoms with E-state index in [2.05, 4.69) is 60.0 Å². The fourth-order valence-corrected chi connectivity index (χ4v) is 3.43. The maximum absolute atomic E-state index is 4.33. The SMILES string of the molecule is CN=C(NCCCN1CCC(C)CC1)NCCN(C(C)C)C(C)C.I. The molecule has 0 aromatic rings. The lowest BCUT2D eigenvalue weighted by molar-refractivity contribution is 0.178. The standard InChI is InChI=1S/C19H41N5.HI/c1-16(2)24(17(3)4)15-11-22-19(20-6)21-10-7-12-23-13-8-18(5)9-14-23;/h16-18H,7-15H2,1-6H3,(H2,20,21,22);1H. The van der Waals surface area contributed by atoms with Crippen molar-refractivity contribution in [3.63, 3.8) is 0 Å². The normalized spacial score (nSPS) is 17.2. The summed E-state index contributed by atoms with van der Waals surface area (Å²) < 4.78 is 0. The number of piperidine rings is 1. The van der Waals surface area contributed by atoms with Crippen LogP contribution in [-0.4, -0.2) is 74.2 Å². The number of guanidine groups is 1. The van der Waals surface area contributed by atoms with E-state index < -0.39 is 0 Å². The number of nitrogens with one attached hydrogen (secondary N) is 2. The third-order valence-electron chi connectivity index (χ3n) is 5.03. The second kappa shape index (κ2) is 14.0. The summed E-state index contributed by atoms with van der Waals surface area (Å²) in [4.78, 5) is 9.43. The van der Waals surface area contributed by atoms with E-state index in [4.69, 9.17) is 0 Å². The van der Waals surface area contributed by atoms with Crippen LogP contribution in [0.4, 0.5) is 0 Å². The molecule has 0 aliphatic carbocycles. The Kier molecular flexibility index (Phi) is 14.0. The van der Waals surface area contributed by atoms with Gasteiger partial charge in [0.15, 0.2) is 5.96 Å². The zero-order valence-electron chi connectivity index (χ0n) is 17.3. The zero-order chi connectivity index (χ0) is 17.9. The van der Waals surface area contributed by atoms with E-state index in [-0.39, 0.29) is 24.0 Å². The molecule has 0 unspecified atom stereocenters. The minimum atomic E-state index is 0. The molecule has 1 fully saturated rings. The van der Waals surface area contributed by atoms with Gasteiger partial charge in [0.1, 0.15) is 0 Å². The van der Waals surface area contributed by atoms with Gasteiger partial charge in [-0.1, -0.05) is 6.92 Å². The van der Waals surface area contributed by atoms with Crippen LogP contribution < -0.4 is 10.6 Å². The van der Waals surface area contributed by atoms with Crippen molar-refractivity contribution in [2.45, 2.75) is 66.0 Å². The maximum Gasteiger partial charge on any atom is 0.191 e. The van der Waals surface area contributed by atoms with E-state index in [0.29, 0.717) is 12.1 Å². The van der Waals surface area contributed by atoms with Crippen molar-refractivity contribution in [3.8, 4) is 0 Å². The Labute approximate surface area is 173 Å². The van der Waals surface area contributed by atoms with Gasteiger partial charge in [-0.25, -0.2) is 0 Å². The first kappa shape index (κ1) is 24.9. The lowest BCUT2D eigenvalue weighted by Crippen LogP contribution is -2.45. The summed E-state index contributed by atoms with van der Waals surface area (Å²) >= 11 is 0. The lowest BCUT2D eigenvalue weighted by Gasteiger charge is -2.31. The largest absolute Gasteiger partial charge is 0.356 e. The highest BCUT2D eigenvalue weighted by Gasteiger charge is 2.15. The first-order valence-electron chi connectivity index (χ1n) is 9.86. The quantitative estimate of drug-likeness (QED) is 0.237. The van der Waals surface area contributed by atoms with E-state index in [1.165, 1.54) is 38.9 Å². The Morgan fingerprint density at radius 1 is 1.08 bits per heavy atom. The van der Waals surface area contributed by atoms with Crippen LogP contribution in [-0.2, 0) is 0 Å². The molecule has 150 valence electrons. The average Bonchev–Trinajstić information content (AvgIpc) is 2.54. The van der Waals surface area contributed by atoms with Crippen LogP contribution in [0.25, 0.3) is 0 Å². The van der Waals surface area contributed by atoms with Gasteiger partial charge in [0, 0.05) is 38.8 Å². The molecule has 25 heavy (non-hydrogen) atoms. The first-order chi connectivity index (χ1) is 11.4. The molecule has 1 rings (SSSR count). The fourth-order valence-electron chi connectivity index (χ4n) is 3.43. The number of nitrogens with zero attached hydrogens (tertiary/aromatic N) is 3. The Morgan fingerprint density at radius 2 is 1.64 bits per heavy atom. The highest BCUT2D eigenvalue weighted by molar-refractivity contribution is 14.0. The minimum Gasteiger partial charge on any atom is -0.356 e. The van der Waals surface area contributed by atoms with Gasteiger partial charge in [0.2, 0.25) is 0 Å². The van der Waals surface area contributed by atoms with Crippen molar-refractivity contribution in [1.29, 1.82) is 0 Å². The summed E-state index contributed by atoms with van der Waals surface area (Å²) in [6, 6.07) is 1.16. The highest BCUT2D eigenvalue weighted by atomic mass is 127. The number of aliphatic imine (C=N–C) groups is 1. The smallest absolute Gasteiger partial charge is 0.191 e. The molecule has 6 heteroatoms. The third-order valence-corrected chi connectivity index (χ3v) is 5.03. The van der Waals surface area contributed by atoms with Crippen LogP contribution >= 0.6 is 24.0 Å². The molecule has 1 aliphatic rings. The van der Waals surface area contributed by atoms with Crippen LogP contribution in [0, 0.1) is 5.92 Å². The van der Waals surface area contributed by atoms with Crippen molar-refractivity contribution in [2.75, 3.05) is 46.3 Å². The first-order valence-corrected chi connectivity index (χ1v) is 9.86. The molecule has 0 aromatic heterocycles. The molecular weight excluding hydrogens is 425 g/mol. The molecule has 0 spiro atoms. The summed E-state index contributed by atoms with van der Waals surface area (Å²) in [6.07, 6.45) is 3.90. The van der Waals surface area contributed by atoms with Gasteiger partial charge < -0.3 is 15.5 Å². The lowest BCUT2D eigenvalue weighted by atomic mass is 9.99. The molecule has 0 aromatic carbocycles. The summed E-state index contributed by atoms with van der Waals surface area (Å²) in [7, 11) is 1.85. The monoisotopic (exact) mass is 467 g/mol. The fraction of sp³-hybridized carbons (Fsp3) is 0.947. The van der Waals surface area contributed by atoms with Crippen molar-refractivity contribution in [3.05, 3.63) is 0 Å². The van der Waals surface area contributed by atoms with Crippen LogP contribution in [0.15, 0.2) is 4.99 Å². The number of halogens is 1. The topological polar surface area (TPSA) is 42.9 Å². The number of hydrogen-bond donors (Lipinski definition) is 2. The van der Waals surface area contributed by atoms with Crippen molar-refractivity contribution >= 4 is 29.9 Å². The molecule has 1 heterocycles. The molecule has 0 radical (unpaired) electrons. The van der Waals surface area contributed by atoms with E-state index in [9.17, 15) is 0 Å². The average molecular weight is 467 g/mol. The molecule has 0 bridgehead atoms. The Balaban J connectivity index is 0.00000576. The summed E-state index contributed by atoms with van der Waals surface area (Å²) in [5, 5.41) is 6.88. The predicted molar refractivity (Wildman–Crippen MR) is 121 cm³/mol. The Hall–Kier alpha value is -0.0800. The van der Waals surface area contributed by atoms with Gasteiger partial charge >= 0.3 is 0 Å². The van der Waals surface area contributed by atoms with Crippen molar-refractivity contribution in [2.24, 2.45) is 10.9 Å². The van der Waals surface area contributed by atoms with Crippen molar-refractivity contribution < 1.29 is 0 Å². The van der Waals surface area contributed by atoms with E-state index >= 15 is 0 Å². The van der Waals surface area contributed by atoms with Gasteiger partial charge in [-0.15, -0.1) is 24.0 Å². The van der Waals surface area contributed by atoms with Crippen molar-refractivity contribution in [1.82, 2.24) is 20.4 Å². The molecule has 0 amide bonds. The van der Waals surface area contributed by atoms with E-state index in [0.717, 1.165) is 31.5 Å². The second-order valence-electron chi connectivity index (χ2n) is 7.73. The number of hydrogen-bond acceptors (Lipinski definition) is 3. The number of rotatable bonds is 9. The molecule has 1 aliphatic heterocycles. The summed E-state index contributed by atoms with van der Waals surface area (Å²) in [6.45, 7) is 18.1. The van der Waals surface area contributed by atoms with E-state index in [1.54, 1.807) is 0 Å². The summed E-state index contributed by atoms with van der Waals surface area (Å²) in [5.74, 6) is 1.84. The van der Waals surface area contributed by atoms with Gasteiger partial charge in [-0.3, -0.25) is 9.89 Å². The Morgan fingerprint density at radius 3 is 2.16 bits per heavy atom. The minimum absolute atomic E-state index is 0. The molecular formula is C19H42IN5. The predicted octanol–water partition coefficient (Wildman–Crippen LogP) is 3.01. The zero-order valence-corrected chi connectivity index (χ0v) is 19.7. The second-order valence-corrected chi connectivity index (χ2v) is 7.73. The van der Waals surface area contributed by atoms with Gasteiger partial charge in [0.25, 0.3) is 0 Å². The van der Waals surface area contributed by atoms with Gasteiger partial charge in [-0.2, -0.15) is 0 Å². The van der Waals surface area contributed by atoms with Crippen LogP contribution in [0.5, 0.6) is 0 Å². The van der Waals surface area contributed by atoms with Crippen LogP contribution in [0.3, 0.4) is 0 Å². The Bertz CT molecular complexity index is 344. The molecule has 0 saturated carbocycles. The van der Waals surface area contributed by atoms with E-state index in [1.807, 2.05) is 7.05 Å². The van der Waals surface area contributed by atoms with Crippen LogP contribution in [0.2, 0.25) is 0 Å². The highest BCUT2D eigenvalue weighted by Crippen LogP contribution is 2.15. The molecule has 0 atom stereocenters. The molecule has 2 N–H and O–H groups in total. The maximum atomic E-state index is 4.33. The van der Waals surface area contributed by atoms with Gasteiger partial charge in [0.05, 0.1) is 0 Å². The molecule has 5 nitrogen and oxygen atoms in total. The van der Waals surface area contributed by atoms with Crippen LogP contribution in [0.1, 0.15) is 53.9 Å². The number of likely N-dealkylation sites (tertiary alicyclic amines) is 1. The molecule has 1 saturated heterocycles. The van der Waals surface area contributed by atoms with Gasteiger partial charge in [-0.05, 0) is 72.5 Å². The summed E-state index contributed by atoms with van der Waals surface area (Å²) in [5.41, 5.74) is 0. The third kappa shape index (κ3) is 10.6.